The van der Waals surface area contributed by atoms with E-state index in [1.807, 2.05) is 12.1 Å². The molecule has 0 saturated heterocycles. The summed E-state index contributed by atoms with van der Waals surface area (Å²) in [4.78, 5) is 0. The molecule has 0 bridgehead atoms. The van der Waals surface area contributed by atoms with Gasteiger partial charge in [0.25, 0.3) is 0 Å². The zero-order valence-corrected chi connectivity index (χ0v) is 15.7. The molecule has 3 aromatic rings. The molecular formula is C18H11Br3. The third kappa shape index (κ3) is 3.01. The minimum Gasteiger partial charge on any atom is -0.0622 e. The third-order valence-corrected chi connectivity index (χ3v) is 6.62. The Balaban J connectivity index is 2.34. The quantitative estimate of drug-likeness (QED) is 0.347. The van der Waals surface area contributed by atoms with E-state index in [2.05, 4.69) is 102 Å². The van der Waals surface area contributed by atoms with Crippen molar-refractivity contribution in [2.24, 2.45) is 0 Å². The normalized spacial score (nSPS) is 10.6. The van der Waals surface area contributed by atoms with E-state index in [4.69, 9.17) is 0 Å². The molecular weight excluding hydrogens is 456 g/mol. The molecule has 0 aromatic heterocycles. The highest BCUT2D eigenvalue weighted by Crippen LogP contribution is 2.44. The molecule has 0 heterocycles. The van der Waals surface area contributed by atoms with Gasteiger partial charge >= 0.3 is 0 Å². The lowest BCUT2D eigenvalue weighted by molar-refractivity contribution is 1.50. The van der Waals surface area contributed by atoms with Gasteiger partial charge in [0.15, 0.2) is 0 Å². The van der Waals surface area contributed by atoms with Crippen LogP contribution in [-0.2, 0) is 0 Å². The van der Waals surface area contributed by atoms with Crippen LogP contribution in [0, 0.1) is 0 Å². The van der Waals surface area contributed by atoms with Gasteiger partial charge in [0.1, 0.15) is 0 Å². The van der Waals surface area contributed by atoms with Crippen LogP contribution in [0.2, 0.25) is 0 Å². The van der Waals surface area contributed by atoms with Crippen molar-refractivity contribution in [3.63, 3.8) is 0 Å². The smallest absolute Gasteiger partial charge is 0.0466 e. The van der Waals surface area contributed by atoms with Crippen molar-refractivity contribution in [2.75, 3.05) is 0 Å². The Bertz CT molecular complexity index is 765. The molecule has 3 rings (SSSR count). The van der Waals surface area contributed by atoms with E-state index < -0.39 is 0 Å². The second-order valence-corrected chi connectivity index (χ2v) is 7.08. The van der Waals surface area contributed by atoms with Crippen molar-refractivity contribution in [1.82, 2.24) is 0 Å². The summed E-state index contributed by atoms with van der Waals surface area (Å²) in [6, 6.07) is 23.0. The lowest BCUT2D eigenvalue weighted by atomic mass is 9.95. The van der Waals surface area contributed by atoms with Gasteiger partial charge in [-0.15, -0.1) is 0 Å². The standard InChI is InChI=1S/C18H11Br3/c19-15-11-14(12-7-3-1-4-8-12)16(18(21)17(15)20)13-9-5-2-6-10-13/h1-11H. The summed E-state index contributed by atoms with van der Waals surface area (Å²) in [5, 5.41) is 0. The number of rotatable bonds is 2. The van der Waals surface area contributed by atoms with Crippen LogP contribution in [0.15, 0.2) is 80.1 Å². The highest BCUT2D eigenvalue weighted by Gasteiger charge is 2.16. The first kappa shape index (κ1) is 15.0. The molecule has 0 aliphatic rings. The zero-order chi connectivity index (χ0) is 14.8. The number of hydrogen-bond donors (Lipinski definition) is 0. The molecule has 0 saturated carbocycles. The lowest BCUT2D eigenvalue weighted by Gasteiger charge is -2.15. The minimum absolute atomic E-state index is 1.03. The molecule has 3 aromatic carbocycles. The zero-order valence-electron chi connectivity index (χ0n) is 11.0. The predicted molar refractivity (Wildman–Crippen MR) is 100 cm³/mol. The van der Waals surface area contributed by atoms with Crippen LogP contribution in [0.25, 0.3) is 22.3 Å². The fourth-order valence-electron chi connectivity index (χ4n) is 2.33. The average molecular weight is 467 g/mol. The van der Waals surface area contributed by atoms with Crippen LogP contribution in [0.5, 0.6) is 0 Å². The van der Waals surface area contributed by atoms with Gasteiger partial charge in [0.2, 0.25) is 0 Å². The van der Waals surface area contributed by atoms with E-state index in [1.54, 1.807) is 0 Å². The van der Waals surface area contributed by atoms with Gasteiger partial charge in [-0.3, -0.25) is 0 Å². The summed E-state index contributed by atoms with van der Waals surface area (Å²) >= 11 is 11.0. The largest absolute Gasteiger partial charge is 0.0622 e. The molecule has 3 heteroatoms. The number of hydrogen-bond acceptors (Lipinski definition) is 0. The first-order chi connectivity index (χ1) is 10.2. The summed E-state index contributed by atoms with van der Waals surface area (Å²) in [5.41, 5.74) is 4.78. The van der Waals surface area contributed by atoms with E-state index in [1.165, 1.54) is 22.3 Å². The van der Waals surface area contributed by atoms with E-state index in [9.17, 15) is 0 Å². The van der Waals surface area contributed by atoms with E-state index in [-0.39, 0.29) is 0 Å². The second kappa shape index (κ2) is 6.47. The fourth-order valence-corrected chi connectivity index (χ4v) is 3.99. The molecule has 0 atom stereocenters. The molecule has 0 unspecified atom stereocenters. The first-order valence-electron chi connectivity index (χ1n) is 6.47. The van der Waals surface area contributed by atoms with Crippen LogP contribution < -0.4 is 0 Å². The average Bonchev–Trinajstić information content (AvgIpc) is 2.54. The Kier molecular flexibility index (Phi) is 4.63. The molecule has 0 amide bonds. The number of halogens is 3. The Labute approximate surface area is 149 Å². The van der Waals surface area contributed by atoms with Gasteiger partial charge in [0, 0.05) is 19.0 Å². The molecule has 21 heavy (non-hydrogen) atoms. The van der Waals surface area contributed by atoms with Crippen LogP contribution in [-0.4, -0.2) is 0 Å². The topological polar surface area (TPSA) is 0 Å². The van der Waals surface area contributed by atoms with E-state index >= 15 is 0 Å². The monoisotopic (exact) mass is 464 g/mol. The molecule has 0 aliphatic heterocycles. The van der Waals surface area contributed by atoms with Crippen molar-refractivity contribution in [2.45, 2.75) is 0 Å². The van der Waals surface area contributed by atoms with Crippen LogP contribution >= 0.6 is 47.8 Å². The first-order valence-corrected chi connectivity index (χ1v) is 8.84. The van der Waals surface area contributed by atoms with Gasteiger partial charge in [-0.05, 0) is 70.5 Å². The van der Waals surface area contributed by atoms with Crippen molar-refractivity contribution in [3.05, 3.63) is 80.1 Å². The molecule has 0 spiro atoms. The molecule has 0 aliphatic carbocycles. The van der Waals surface area contributed by atoms with Crippen LogP contribution in [0.3, 0.4) is 0 Å². The van der Waals surface area contributed by atoms with Crippen molar-refractivity contribution < 1.29 is 0 Å². The van der Waals surface area contributed by atoms with Crippen LogP contribution in [0.4, 0.5) is 0 Å². The minimum atomic E-state index is 1.03. The van der Waals surface area contributed by atoms with Gasteiger partial charge in [-0.1, -0.05) is 60.7 Å². The maximum absolute atomic E-state index is 3.74. The highest BCUT2D eigenvalue weighted by molar-refractivity contribution is 9.14. The second-order valence-electron chi connectivity index (χ2n) is 4.64. The van der Waals surface area contributed by atoms with E-state index in [0.717, 1.165) is 13.4 Å². The Morgan fingerprint density at radius 3 is 1.67 bits per heavy atom. The SMILES string of the molecule is Brc1cc(-c2ccccc2)c(-c2ccccc2)c(Br)c1Br. The van der Waals surface area contributed by atoms with Crippen LogP contribution in [0.1, 0.15) is 0 Å². The predicted octanol–water partition coefficient (Wildman–Crippen LogP) is 7.31. The van der Waals surface area contributed by atoms with Crippen molar-refractivity contribution in [1.29, 1.82) is 0 Å². The molecule has 0 N–H and O–H groups in total. The molecule has 0 nitrogen and oxygen atoms in total. The maximum Gasteiger partial charge on any atom is 0.0466 e. The summed E-state index contributed by atoms with van der Waals surface area (Å²) in [6.07, 6.45) is 0. The number of benzene rings is 3. The summed E-state index contributed by atoms with van der Waals surface area (Å²) in [7, 11) is 0. The Hall–Kier alpha value is -0.900. The van der Waals surface area contributed by atoms with Crippen molar-refractivity contribution in [3.8, 4) is 22.3 Å². The molecule has 0 radical (unpaired) electrons. The maximum atomic E-state index is 3.74. The van der Waals surface area contributed by atoms with E-state index in [0.29, 0.717) is 0 Å². The van der Waals surface area contributed by atoms with Gasteiger partial charge in [-0.25, -0.2) is 0 Å². The van der Waals surface area contributed by atoms with Gasteiger partial charge < -0.3 is 0 Å². The molecule has 104 valence electrons. The fraction of sp³-hybridized carbons (Fsp3) is 0. The third-order valence-electron chi connectivity index (χ3n) is 3.31. The van der Waals surface area contributed by atoms with Crippen molar-refractivity contribution >= 4 is 47.8 Å². The summed E-state index contributed by atoms with van der Waals surface area (Å²) in [5.74, 6) is 0. The molecule has 0 fully saturated rings. The highest BCUT2D eigenvalue weighted by atomic mass is 79.9. The lowest BCUT2D eigenvalue weighted by Crippen LogP contribution is -1.89. The Morgan fingerprint density at radius 1 is 0.571 bits per heavy atom. The summed E-state index contributed by atoms with van der Waals surface area (Å²) < 4.78 is 3.12. The summed E-state index contributed by atoms with van der Waals surface area (Å²) in [6.45, 7) is 0. The van der Waals surface area contributed by atoms with Gasteiger partial charge in [-0.2, -0.15) is 0 Å². The van der Waals surface area contributed by atoms with Gasteiger partial charge in [0.05, 0.1) is 0 Å². The Morgan fingerprint density at radius 2 is 1.10 bits per heavy atom.